The SMILES string of the molecule is Cc1ccccc1-c1c(C)c2oc3ccc4ccccc4c3c2c2ccccc12.Cc1nc2ccccc2nc1Cl. The van der Waals surface area contributed by atoms with Crippen LogP contribution in [0.2, 0.25) is 5.15 Å². The Bertz CT molecular complexity index is 2220. The first-order valence-corrected chi connectivity index (χ1v) is 14.1. The van der Waals surface area contributed by atoms with Crippen LogP contribution in [0.15, 0.2) is 114 Å². The summed E-state index contributed by atoms with van der Waals surface area (Å²) in [6.07, 6.45) is 0. The van der Waals surface area contributed by atoms with E-state index in [1.807, 2.05) is 31.2 Å². The molecule has 0 aliphatic heterocycles. The van der Waals surface area contributed by atoms with E-state index in [4.69, 9.17) is 16.0 Å². The van der Waals surface area contributed by atoms with E-state index in [0.717, 1.165) is 27.9 Å². The van der Waals surface area contributed by atoms with Gasteiger partial charge < -0.3 is 4.42 Å². The maximum Gasteiger partial charge on any atom is 0.150 e. The molecule has 8 aromatic rings. The molecule has 4 heteroatoms. The van der Waals surface area contributed by atoms with Crippen molar-refractivity contribution < 1.29 is 4.42 Å². The number of rotatable bonds is 1. The standard InChI is InChI=1S/C28H20O.C9H7ClN2/c1-17-9-3-5-11-20(17)25-18(2)28-27(23-14-8-7-13-22(23)25)26-21-12-6-4-10-19(21)15-16-24(26)29-28;1-6-9(10)12-8-5-3-2-4-7(8)11-6/h3-16H,1-2H3;2-5H,1H3. The van der Waals surface area contributed by atoms with Crippen LogP contribution in [0.3, 0.4) is 0 Å². The predicted octanol–water partition coefficient (Wildman–Crippen LogP) is 10.8. The fourth-order valence-corrected chi connectivity index (χ4v) is 6.03. The van der Waals surface area contributed by atoms with Gasteiger partial charge in [-0.05, 0) is 77.2 Å². The number of hydrogen-bond acceptors (Lipinski definition) is 3. The maximum atomic E-state index is 6.50. The number of fused-ring (bicyclic) bond motifs is 8. The molecule has 0 fully saturated rings. The minimum atomic E-state index is 0.480. The molecule has 3 nitrogen and oxygen atoms in total. The van der Waals surface area contributed by atoms with E-state index in [9.17, 15) is 0 Å². The third-order valence-corrected chi connectivity index (χ3v) is 8.22. The molecule has 2 aromatic heterocycles. The van der Waals surface area contributed by atoms with Gasteiger partial charge in [0, 0.05) is 16.3 Å². The van der Waals surface area contributed by atoms with Gasteiger partial charge in [0.25, 0.3) is 0 Å². The molecule has 8 rings (SSSR count). The second-order valence-corrected chi connectivity index (χ2v) is 10.8. The lowest BCUT2D eigenvalue weighted by Gasteiger charge is -2.14. The van der Waals surface area contributed by atoms with E-state index in [2.05, 4.69) is 109 Å². The normalized spacial score (nSPS) is 11.4. The van der Waals surface area contributed by atoms with E-state index in [-0.39, 0.29) is 0 Å². The summed E-state index contributed by atoms with van der Waals surface area (Å²) in [5, 5.41) is 7.94. The highest BCUT2D eigenvalue weighted by molar-refractivity contribution is 6.30. The average molecular weight is 551 g/mol. The zero-order valence-corrected chi connectivity index (χ0v) is 23.8. The molecule has 0 aliphatic carbocycles. The fraction of sp³-hybridized carbons (Fsp3) is 0.0811. The van der Waals surface area contributed by atoms with Gasteiger partial charge >= 0.3 is 0 Å². The Labute approximate surface area is 243 Å². The molecule has 0 bridgehead atoms. The number of benzene rings is 6. The van der Waals surface area contributed by atoms with Crippen molar-refractivity contribution in [2.75, 3.05) is 0 Å². The Morgan fingerprint density at radius 2 is 1.22 bits per heavy atom. The van der Waals surface area contributed by atoms with Crippen molar-refractivity contribution in [3.8, 4) is 11.1 Å². The van der Waals surface area contributed by atoms with Crippen LogP contribution in [-0.4, -0.2) is 9.97 Å². The number of aryl methyl sites for hydroxylation is 3. The molecule has 0 amide bonds. The lowest BCUT2D eigenvalue weighted by Crippen LogP contribution is -1.90. The highest BCUT2D eigenvalue weighted by Crippen LogP contribution is 2.45. The Balaban J connectivity index is 0.000000193. The van der Waals surface area contributed by atoms with Crippen molar-refractivity contribution in [1.82, 2.24) is 9.97 Å². The summed E-state index contributed by atoms with van der Waals surface area (Å²) in [6, 6.07) is 37.9. The highest BCUT2D eigenvalue weighted by atomic mass is 35.5. The van der Waals surface area contributed by atoms with Crippen LogP contribution in [0.25, 0.3) is 65.6 Å². The molecule has 0 radical (unpaired) electrons. The Morgan fingerprint density at radius 1 is 0.585 bits per heavy atom. The smallest absolute Gasteiger partial charge is 0.150 e. The average Bonchev–Trinajstić information content (AvgIpc) is 3.40. The van der Waals surface area contributed by atoms with Crippen molar-refractivity contribution in [3.63, 3.8) is 0 Å². The molecule has 0 saturated carbocycles. The number of hydrogen-bond donors (Lipinski definition) is 0. The lowest BCUT2D eigenvalue weighted by molar-refractivity contribution is 0.666. The first kappa shape index (κ1) is 25.3. The van der Waals surface area contributed by atoms with Crippen LogP contribution in [0.5, 0.6) is 0 Å². The van der Waals surface area contributed by atoms with Gasteiger partial charge in [0.15, 0.2) is 5.15 Å². The second kappa shape index (κ2) is 10.0. The molecule has 0 N–H and O–H groups in total. The topological polar surface area (TPSA) is 38.9 Å². The van der Waals surface area contributed by atoms with Crippen LogP contribution in [-0.2, 0) is 0 Å². The summed E-state index contributed by atoms with van der Waals surface area (Å²) < 4.78 is 6.50. The van der Waals surface area contributed by atoms with Gasteiger partial charge in [0.05, 0.1) is 16.7 Å². The van der Waals surface area contributed by atoms with Gasteiger partial charge in [-0.3, -0.25) is 0 Å². The summed E-state index contributed by atoms with van der Waals surface area (Å²) in [5.41, 5.74) is 9.47. The van der Waals surface area contributed by atoms with E-state index in [1.165, 1.54) is 54.6 Å². The van der Waals surface area contributed by atoms with Crippen LogP contribution >= 0.6 is 11.6 Å². The highest BCUT2D eigenvalue weighted by Gasteiger charge is 2.20. The minimum absolute atomic E-state index is 0.480. The van der Waals surface area contributed by atoms with E-state index < -0.39 is 0 Å². The predicted molar refractivity (Wildman–Crippen MR) is 173 cm³/mol. The van der Waals surface area contributed by atoms with E-state index in [0.29, 0.717) is 5.15 Å². The largest absolute Gasteiger partial charge is 0.456 e. The number of para-hydroxylation sites is 2. The Hall–Kier alpha value is -4.73. The third kappa shape index (κ3) is 4.21. The first-order chi connectivity index (χ1) is 20.0. The zero-order chi connectivity index (χ0) is 28.1. The number of halogens is 1. The summed E-state index contributed by atoms with van der Waals surface area (Å²) in [6.45, 7) is 6.22. The number of furan rings is 1. The zero-order valence-electron chi connectivity index (χ0n) is 23.1. The second-order valence-electron chi connectivity index (χ2n) is 10.4. The summed E-state index contributed by atoms with van der Waals surface area (Å²) >= 11 is 5.81. The van der Waals surface area contributed by atoms with Gasteiger partial charge in [-0.1, -0.05) is 103 Å². The van der Waals surface area contributed by atoms with Gasteiger partial charge in [-0.15, -0.1) is 0 Å². The van der Waals surface area contributed by atoms with Crippen LogP contribution in [0, 0.1) is 20.8 Å². The molecule has 2 heterocycles. The first-order valence-electron chi connectivity index (χ1n) is 13.7. The van der Waals surface area contributed by atoms with Crippen molar-refractivity contribution in [2.45, 2.75) is 20.8 Å². The molecule has 0 saturated heterocycles. The third-order valence-electron chi connectivity index (χ3n) is 7.86. The summed E-state index contributed by atoms with van der Waals surface area (Å²) in [5.74, 6) is 0. The molecule has 198 valence electrons. The molecule has 0 atom stereocenters. The number of nitrogens with zero attached hydrogens (tertiary/aromatic N) is 2. The van der Waals surface area contributed by atoms with Crippen molar-refractivity contribution >= 4 is 66.1 Å². The fourth-order valence-electron chi connectivity index (χ4n) is 5.89. The number of aromatic nitrogens is 2. The van der Waals surface area contributed by atoms with Gasteiger partial charge in [0.1, 0.15) is 11.2 Å². The minimum Gasteiger partial charge on any atom is -0.456 e. The van der Waals surface area contributed by atoms with Crippen LogP contribution in [0.1, 0.15) is 16.8 Å². The molecule has 0 aliphatic rings. The Kier molecular flexibility index (Phi) is 6.18. The monoisotopic (exact) mass is 550 g/mol. The van der Waals surface area contributed by atoms with E-state index >= 15 is 0 Å². The maximum absolute atomic E-state index is 6.50. The molecule has 41 heavy (non-hydrogen) atoms. The van der Waals surface area contributed by atoms with Gasteiger partial charge in [0.2, 0.25) is 0 Å². The van der Waals surface area contributed by atoms with Crippen molar-refractivity contribution in [3.05, 3.63) is 131 Å². The van der Waals surface area contributed by atoms with E-state index in [1.54, 1.807) is 0 Å². The van der Waals surface area contributed by atoms with Crippen molar-refractivity contribution in [1.29, 1.82) is 0 Å². The molecular weight excluding hydrogens is 524 g/mol. The van der Waals surface area contributed by atoms with Gasteiger partial charge in [-0.25, -0.2) is 9.97 Å². The quantitative estimate of drug-likeness (QED) is 0.204. The molecule has 0 spiro atoms. The lowest BCUT2D eigenvalue weighted by atomic mass is 9.88. The summed E-state index contributed by atoms with van der Waals surface area (Å²) in [4.78, 5) is 8.46. The van der Waals surface area contributed by atoms with Crippen LogP contribution in [0.4, 0.5) is 0 Å². The molecule has 0 unspecified atom stereocenters. The summed E-state index contributed by atoms with van der Waals surface area (Å²) in [7, 11) is 0. The van der Waals surface area contributed by atoms with Crippen molar-refractivity contribution in [2.24, 2.45) is 0 Å². The molecule has 6 aromatic carbocycles. The van der Waals surface area contributed by atoms with Gasteiger partial charge in [-0.2, -0.15) is 0 Å². The van der Waals surface area contributed by atoms with Crippen LogP contribution < -0.4 is 0 Å². The Morgan fingerprint density at radius 3 is 2.00 bits per heavy atom. The molecular formula is C37H27ClN2O.